The zero-order chi connectivity index (χ0) is 19.5. The van der Waals surface area contributed by atoms with E-state index in [1.807, 2.05) is 12.1 Å². The fraction of sp³-hybridized carbons (Fsp3) is 0.476. The summed E-state index contributed by atoms with van der Waals surface area (Å²) in [6.45, 7) is 6.29. The zero-order valence-electron chi connectivity index (χ0n) is 16.5. The number of hydrogen-bond acceptors (Lipinski definition) is 6. The highest BCUT2D eigenvalue weighted by molar-refractivity contribution is 5.47. The molecule has 0 aliphatic carbocycles. The Kier molecular flexibility index (Phi) is 5.43. The number of fused-ring (bicyclic) bond motifs is 1. The highest BCUT2D eigenvalue weighted by Crippen LogP contribution is 2.31. The van der Waals surface area contributed by atoms with E-state index in [9.17, 15) is 0 Å². The molecule has 1 fully saturated rings. The van der Waals surface area contributed by atoms with E-state index < -0.39 is 0 Å². The molecule has 148 valence electrons. The minimum atomic E-state index is 0.0796. The number of piperidine rings is 1. The van der Waals surface area contributed by atoms with E-state index in [4.69, 9.17) is 15.6 Å². The van der Waals surface area contributed by atoms with E-state index in [-0.39, 0.29) is 12.0 Å². The van der Waals surface area contributed by atoms with Crippen molar-refractivity contribution >= 4 is 11.6 Å². The van der Waals surface area contributed by atoms with Gasteiger partial charge in [0.05, 0.1) is 5.69 Å². The van der Waals surface area contributed by atoms with E-state index >= 15 is 0 Å². The summed E-state index contributed by atoms with van der Waals surface area (Å²) >= 11 is 0. The van der Waals surface area contributed by atoms with E-state index in [1.165, 1.54) is 5.56 Å². The number of nitrogen functional groups attached to an aromatic ring is 1. The normalized spacial score (nSPS) is 18.5. The van der Waals surface area contributed by atoms with Gasteiger partial charge in [0.15, 0.2) is 5.65 Å². The fourth-order valence-electron chi connectivity index (χ4n) is 3.78. The minimum absolute atomic E-state index is 0.0796. The number of benzene rings is 1. The number of nitrogens with zero attached hydrogens (tertiary/aromatic N) is 4. The molecule has 3 heterocycles. The second-order valence-corrected chi connectivity index (χ2v) is 7.88. The third kappa shape index (κ3) is 4.09. The van der Waals surface area contributed by atoms with Crippen LogP contribution in [0.15, 0.2) is 36.4 Å². The fourth-order valence-corrected chi connectivity index (χ4v) is 3.78. The van der Waals surface area contributed by atoms with Crippen LogP contribution in [-0.4, -0.2) is 38.8 Å². The van der Waals surface area contributed by atoms with Crippen molar-refractivity contribution in [3.63, 3.8) is 0 Å². The van der Waals surface area contributed by atoms with Crippen molar-refractivity contribution in [2.45, 2.75) is 45.1 Å². The van der Waals surface area contributed by atoms with Gasteiger partial charge in [-0.05, 0) is 37.3 Å². The second kappa shape index (κ2) is 8.14. The van der Waals surface area contributed by atoms with Crippen molar-refractivity contribution in [1.29, 1.82) is 0 Å². The molecular formula is C21H28N6O. The molecular weight excluding hydrogens is 352 g/mol. The molecule has 0 unspecified atom stereocenters. The predicted molar refractivity (Wildman–Crippen MR) is 109 cm³/mol. The van der Waals surface area contributed by atoms with Crippen molar-refractivity contribution in [2.75, 3.05) is 18.8 Å². The molecule has 0 spiro atoms. The van der Waals surface area contributed by atoms with Crippen LogP contribution >= 0.6 is 0 Å². The van der Waals surface area contributed by atoms with Gasteiger partial charge >= 0.3 is 6.01 Å². The lowest BCUT2D eigenvalue weighted by Gasteiger charge is -2.22. The molecule has 28 heavy (non-hydrogen) atoms. The van der Waals surface area contributed by atoms with Crippen LogP contribution in [0.1, 0.15) is 50.3 Å². The molecule has 0 radical (unpaired) electrons. The van der Waals surface area contributed by atoms with Crippen molar-refractivity contribution in [1.82, 2.24) is 24.9 Å². The lowest BCUT2D eigenvalue weighted by molar-refractivity contribution is 0.153. The summed E-state index contributed by atoms with van der Waals surface area (Å²) in [4.78, 5) is 8.88. The summed E-state index contributed by atoms with van der Waals surface area (Å²) in [5.41, 5.74) is 9.04. The van der Waals surface area contributed by atoms with Gasteiger partial charge in [0, 0.05) is 18.5 Å². The van der Waals surface area contributed by atoms with E-state index in [2.05, 4.69) is 53.4 Å². The number of nitrogens with two attached hydrogens (primary N) is 1. The van der Waals surface area contributed by atoms with Gasteiger partial charge in [-0.15, -0.1) is 0 Å². The maximum atomic E-state index is 6.17. The van der Waals surface area contributed by atoms with E-state index in [0.29, 0.717) is 23.5 Å². The average molecular weight is 380 g/mol. The summed E-state index contributed by atoms with van der Waals surface area (Å²) in [6.07, 6.45) is 3.16. The molecule has 0 saturated carbocycles. The van der Waals surface area contributed by atoms with Gasteiger partial charge in [-0.1, -0.05) is 44.2 Å². The molecule has 0 bridgehead atoms. The second-order valence-electron chi connectivity index (χ2n) is 7.88. The van der Waals surface area contributed by atoms with Crippen molar-refractivity contribution in [3.8, 4) is 6.01 Å². The third-order valence-electron chi connectivity index (χ3n) is 5.14. The van der Waals surface area contributed by atoms with Gasteiger partial charge in [-0.25, -0.2) is 0 Å². The Bertz CT molecular complexity index is 917. The molecule has 0 amide bonds. The van der Waals surface area contributed by atoms with Gasteiger partial charge < -0.3 is 15.8 Å². The van der Waals surface area contributed by atoms with Crippen molar-refractivity contribution < 1.29 is 4.74 Å². The first-order valence-electron chi connectivity index (χ1n) is 10.1. The largest absolute Gasteiger partial charge is 0.459 e. The Morgan fingerprint density at radius 3 is 2.79 bits per heavy atom. The molecule has 4 rings (SSSR count). The number of rotatable bonds is 6. The van der Waals surface area contributed by atoms with Crippen LogP contribution in [0.2, 0.25) is 0 Å². The van der Waals surface area contributed by atoms with Crippen LogP contribution < -0.4 is 15.8 Å². The molecule has 2 aromatic heterocycles. The van der Waals surface area contributed by atoms with Gasteiger partial charge in [0.2, 0.25) is 5.95 Å². The lowest BCUT2D eigenvalue weighted by atomic mass is 9.88. The summed E-state index contributed by atoms with van der Waals surface area (Å²) < 4.78 is 7.57. The number of aromatic nitrogens is 4. The molecule has 1 saturated heterocycles. The maximum Gasteiger partial charge on any atom is 0.322 e. The first-order valence-corrected chi connectivity index (χ1v) is 10.1. The van der Waals surface area contributed by atoms with Crippen LogP contribution in [0, 0.1) is 5.92 Å². The Balaban J connectivity index is 1.66. The quantitative estimate of drug-likeness (QED) is 0.683. The number of ether oxygens (including phenoxy) is 1. The SMILES string of the molecule is CC(C)C[C@@H](c1ccccc1)c1cc2nc(O[C@@H]3CCCNC3)nc(N)n2n1. The first kappa shape index (κ1) is 18.7. The van der Waals surface area contributed by atoms with Gasteiger partial charge in [0.1, 0.15) is 6.10 Å². The smallest absolute Gasteiger partial charge is 0.322 e. The van der Waals surface area contributed by atoms with Crippen LogP contribution in [0.4, 0.5) is 5.95 Å². The molecule has 1 aliphatic rings. The Labute approximate surface area is 165 Å². The maximum absolute atomic E-state index is 6.17. The molecule has 7 heteroatoms. The Morgan fingerprint density at radius 1 is 1.25 bits per heavy atom. The Morgan fingerprint density at radius 2 is 2.07 bits per heavy atom. The van der Waals surface area contributed by atoms with Crippen LogP contribution in [-0.2, 0) is 0 Å². The van der Waals surface area contributed by atoms with Gasteiger partial charge in [-0.2, -0.15) is 19.6 Å². The highest BCUT2D eigenvalue weighted by Gasteiger charge is 2.22. The molecule has 3 N–H and O–H groups in total. The standard InChI is InChI=1S/C21H28N6O/c1-14(2)11-17(15-7-4-3-5-8-15)18-12-19-24-21(25-20(22)27(19)26-18)28-16-9-6-10-23-13-16/h3-5,7-8,12,14,16-17,23H,6,9-11,13H2,1-2H3,(H2,22,24,25)/t16-,17+/m1/s1. The molecule has 3 aromatic rings. The van der Waals surface area contributed by atoms with Gasteiger partial charge in [0.25, 0.3) is 0 Å². The molecule has 2 atom stereocenters. The van der Waals surface area contributed by atoms with E-state index in [1.54, 1.807) is 4.52 Å². The monoisotopic (exact) mass is 380 g/mol. The number of nitrogens with one attached hydrogen (secondary N) is 1. The predicted octanol–water partition coefficient (Wildman–Crippen LogP) is 3.02. The van der Waals surface area contributed by atoms with E-state index in [0.717, 1.165) is 38.0 Å². The minimum Gasteiger partial charge on any atom is -0.459 e. The third-order valence-corrected chi connectivity index (χ3v) is 5.14. The van der Waals surface area contributed by atoms with Crippen molar-refractivity contribution in [2.24, 2.45) is 5.92 Å². The lowest BCUT2D eigenvalue weighted by Crippen LogP contribution is -2.37. The Hall–Kier alpha value is -2.67. The van der Waals surface area contributed by atoms with Crippen molar-refractivity contribution in [3.05, 3.63) is 47.7 Å². The zero-order valence-corrected chi connectivity index (χ0v) is 16.5. The number of anilines is 1. The summed E-state index contributed by atoms with van der Waals surface area (Å²) in [6, 6.07) is 12.8. The number of hydrogen-bond donors (Lipinski definition) is 2. The highest BCUT2D eigenvalue weighted by atomic mass is 16.5. The molecule has 1 aromatic carbocycles. The van der Waals surface area contributed by atoms with Crippen LogP contribution in [0.5, 0.6) is 6.01 Å². The molecule has 1 aliphatic heterocycles. The summed E-state index contributed by atoms with van der Waals surface area (Å²) in [5, 5.41) is 8.06. The summed E-state index contributed by atoms with van der Waals surface area (Å²) in [5.74, 6) is 1.02. The first-order chi connectivity index (χ1) is 13.6. The average Bonchev–Trinajstić information content (AvgIpc) is 3.12. The molecule has 7 nitrogen and oxygen atoms in total. The van der Waals surface area contributed by atoms with Crippen LogP contribution in [0.3, 0.4) is 0 Å². The topological polar surface area (TPSA) is 90.4 Å². The van der Waals surface area contributed by atoms with Gasteiger partial charge in [-0.3, -0.25) is 0 Å². The van der Waals surface area contributed by atoms with Crippen LogP contribution in [0.25, 0.3) is 5.65 Å². The summed E-state index contributed by atoms with van der Waals surface area (Å²) in [7, 11) is 0.